The van der Waals surface area contributed by atoms with E-state index in [1.54, 1.807) is 0 Å². The fourth-order valence-corrected chi connectivity index (χ4v) is 1.68. The molecule has 0 rings (SSSR count). The maximum absolute atomic E-state index is 12.0. The van der Waals surface area contributed by atoms with Crippen LogP contribution in [-0.2, 0) is 19.0 Å². The second-order valence-electron chi connectivity index (χ2n) is 4.84. The van der Waals surface area contributed by atoms with E-state index in [1.807, 2.05) is 6.92 Å². The molecule has 0 aliphatic heterocycles. The molecule has 0 fully saturated rings. The Bertz CT molecular complexity index is 283. The van der Waals surface area contributed by atoms with Gasteiger partial charge in [-0.2, -0.15) is 0 Å². The molecule has 0 heterocycles. The van der Waals surface area contributed by atoms with Crippen LogP contribution >= 0.6 is 0 Å². The van der Waals surface area contributed by atoms with Crippen molar-refractivity contribution in [3.63, 3.8) is 0 Å². The van der Waals surface area contributed by atoms with Crippen LogP contribution in [0.15, 0.2) is 0 Å². The first-order valence-corrected chi connectivity index (χ1v) is 7.74. The minimum Gasteiger partial charge on any atom is -0.464 e. The van der Waals surface area contributed by atoms with Crippen molar-refractivity contribution < 1.29 is 23.8 Å². The van der Waals surface area contributed by atoms with Crippen LogP contribution in [-0.4, -0.2) is 45.0 Å². The summed E-state index contributed by atoms with van der Waals surface area (Å²) in [5.74, 6) is -0.386. The standard InChI is InChI=1S/C15H29NO5/c1-4-6-8-10-20-14(17)13(9-7-5-2)16-15(18)21-12-11-19-3/h13H,4-12H2,1-3H3,(H,16,18). The predicted molar refractivity (Wildman–Crippen MR) is 80.2 cm³/mol. The van der Waals surface area contributed by atoms with Crippen LogP contribution in [0.4, 0.5) is 4.79 Å². The summed E-state index contributed by atoms with van der Waals surface area (Å²) < 4.78 is 14.9. The molecule has 0 radical (unpaired) electrons. The Hall–Kier alpha value is -1.30. The molecule has 0 saturated heterocycles. The third-order valence-electron chi connectivity index (χ3n) is 2.94. The minimum atomic E-state index is -0.637. The topological polar surface area (TPSA) is 73.9 Å². The number of alkyl carbamates (subject to hydrolysis) is 1. The van der Waals surface area contributed by atoms with Crippen LogP contribution in [0, 0.1) is 0 Å². The number of carbonyl (C=O) groups excluding carboxylic acids is 2. The first-order valence-electron chi connectivity index (χ1n) is 7.74. The summed E-state index contributed by atoms with van der Waals surface area (Å²) in [6, 6.07) is -0.637. The molecule has 124 valence electrons. The molecule has 1 atom stereocenters. The van der Waals surface area contributed by atoms with E-state index in [-0.39, 0.29) is 12.6 Å². The summed E-state index contributed by atoms with van der Waals surface area (Å²) >= 11 is 0. The van der Waals surface area contributed by atoms with Gasteiger partial charge in [-0.15, -0.1) is 0 Å². The zero-order chi connectivity index (χ0) is 15.9. The second-order valence-corrected chi connectivity index (χ2v) is 4.84. The molecule has 1 amide bonds. The van der Waals surface area contributed by atoms with Crippen molar-refractivity contribution >= 4 is 12.1 Å². The number of hydrogen-bond donors (Lipinski definition) is 1. The van der Waals surface area contributed by atoms with Crippen molar-refractivity contribution in [3.05, 3.63) is 0 Å². The smallest absolute Gasteiger partial charge is 0.407 e. The van der Waals surface area contributed by atoms with Gasteiger partial charge in [0.15, 0.2) is 0 Å². The summed E-state index contributed by atoms with van der Waals surface area (Å²) in [6.07, 6.45) is 4.68. The summed E-state index contributed by atoms with van der Waals surface area (Å²) in [6.45, 7) is 5.00. The SMILES string of the molecule is CCCCCOC(=O)C(CCCC)NC(=O)OCCOC. The number of amides is 1. The lowest BCUT2D eigenvalue weighted by atomic mass is 10.1. The Kier molecular flexibility index (Phi) is 12.8. The number of methoxy groups -OCH3 is 1. The first-order chi connectivity index (χ1) is 10.2. The van der Waals surface area contributed by atoms with Crippen LogP contribution < -0.4 is 5.32 Å². The molecule has 0 spiro atoms. The molecule has 6 nitrogen and oxygen atoms in total. The van der Waals surface area contributed by atoms with Crippen molar-refractivity contribution in [1.82, 2.24) is 5.32 Å². The predicted octanol–water partition coefficient (Wildman–Crippen LogP) is 2.65. The summed E-state index contributed by atoms with van der Waals surface area (Å²) in [4.78, 5) is 23.5. The van der Waals surface area contributed by atoms with Crippen LogP contribution in [0.25, 0.3) is 0 Å². The Morgan fingerprint density at radius 2 is 1.67 bits per heavy atom. The highest BCUT2D eigenvalue weighted by atomic mass is 16.6. The molecule has 0 aromatic rings. The lowest BCUT2D eigenvalue weighted by Gasteiger charge is -2.17. The van der Waals surface area contributed by atoms with E-state index < -0.39 is 12.1 Å². The van der Waals surface area contributed by atoms with Crippen molar-refractivity contribution in [2.24, 2.45) is 0 Å². The average molecular weight is 303 g/mol. The van der Waals surface area contributed by atoms with Gasteiger partial charge < -0.3 is 19.5 Å². The fraction of sp³-hybridized carbons (Fsp3) is 0.867. The maximum atomic E-state index is 12.0. The first kappa shape index (κ1) is 19.7. The normalized spacial score (nSPS) is 11.8. The molecule has 0 saturated carbocycles. The van der Waals surface area contributed by atoms with Gasteiger partial charge in [0.1, 0.15) is 12.6 Å². The van der Waals surface area contributed by atoms with Gasteiger partial charge in [-0.3, -0.25) is 0 Å². The Balaban J connectivity index is 4.15. The molecule has 0 aromatic heterocycles. The van der Waals surface area contributed by atoms with Gasteiger partial charge in [0.2, 0.25) is 0 Å². The number of carbonyl (C=O) groups is 2. The lowest BCUT2D eigenvalue weighted by molar-refractivity contribution is -0.146. The van der Waals surface area contributed by atoms with E-state index in [0.717, 1.165) is 32.1 Å². The number of ether oxygens (including phenoxy) is 3. The molecular weight excluding hydrogens is 274 g/mol. The lowest BCUT2D eigenvalue weighted by Crippen LogP contribution is -2.42. The average Bonchev–Trinajstić information content (AvgIpc) is 2.48. The molecule has 0 aromatic carbocycles. The van der Waals surface area contributed by atoms with E-state index in [4.69, 9.17) is 14.2 Å². The Morgan fingerprint density at radius 3 is 2.29 bits per heavy atom. The summed E-state index contributed by atoms with van der Waals surface area (Å²) in [5, 5.41) is 2.56. The molecule has 0 aliphatic carbocycles. The maximum Gasteiger partial charge on any atom is 0.407 e. The highest BCUT2D eigenvalue weighted by Gasteiger charge is 2.22. The van der Waals surface area contributed by atoms with Gasteiger partial charge in [0.25, 0.3) is 0 Å². The quantitative estimate of drug-likeness (QED) is 0.443. The van der Waals surface area contributed by atoms with Crippen LogP contribution in [0.3, 0.4) is 0 Å². The zero-order valence-corrected chi connectivity index (χ0v) is 13.5. The van der Waals surface area contributed by atoms with Crippen molar-refractivity contribution in [3.8, 4) is 0 Å². The largest absolute Gasteiger partial charge is 0.464 e. The molecule has 0 aliphatic rings. The third kappa shape index (κ3) is 11.1. The van der Waals surface area contributed by atoms with Gasteiger partial charge in [-0.1, -0.05) is 39.5 Å². The number of unbranched alkanes of at least 4 members (excludes halogenated alkanes) is 3. The monoisotopic (exact) mass is 303 g/mol. The molecule has 1 unspecified atom stereocenters. The van der Waals surface area contributed by atoms with E-state index in [9.17, 15) is 9.59 Å². The van der Waals surface area contributed by atoms with Crippen LogP contribution in [0.5, 0.6) is 0 Å². The van der Waals surface area contributed by atoms with Gasteiger partial charge in [0, 0.05) is 7.11 Å². The Morgan fingerprint density at radius 1 is 0.952 bits per heavy atom. The van der Waals surface area contributed by atoms with E-state index in [0.29, 0.717) is 19.6 Å². The summed E-state index contributed by atoms with van der Waals surface area (Å²) in [5.41, 5.74) is 0. The van der Waals surface area contributed by atoms with Crippen molar-refractivity contribution in [2.75, 3.05) is 26.9 Å². The second kappa shape index (κ2) is 13.7. The molecule has 1 N–H and O–H groups in total. The molecule has 0 bridgehead atoms. The Labute approximate surface area is 127 Å². The fourth-order valence-electron chi connectivity index (χ4n) is 1.68. The van der Waals surface area contributed by atoms with Crippen molar-refractivity contribution in [2.45, 2.75) is 58.4 Å². The van der Waals surface area contributed by atoms with E-state index in [2.05, 4.69) is 12.2 Å². The van der Waals surface area contributed by atoms with Crippen LogP contribution in [0.1, 0.15) is 52.4 Å². The molecule has 21 heavy (non-hydrogen) atoms. The van der Waals surface area contributed by atoms with Gasteiger partial charge in [-0.05, 0) is 12.8 Å². The van der Waals surface area contributed by atoms with Gasteiger partial charge in [-0.25, -0.2) is 9.59 Å². The van der Waals surface area contributed by atoms with E-state index >= 15 is 0 Å². The van der Waals surface area contributed by atoms with Gasteiger partial charge >= 0.3 is 12.1 Å². The molecular formula is C15H29NO5. The number of esters is 1. The number of nitrogens with one attached hydrogen (secondary N) is 1. The highest BCUT2D eigenvalue weighted by molar-refractivity contribution is 5.81. The number of rotatable bonds is 12. The minimum absolute atomic E-state index is 0.161. The zero-order valence-electron chi connectivity index (χ0n) is 13.5. The molecule has 6 heteroatoms. The third-order valence-corrected chi connectivity index (χ3v) is 2.94. The highest BCUT2D eigenvalue weighted by Crippen LogP contribution is 2.05. The van der Waals surface area contributed by atoms with Crippen molar-refractivity contribution in [1.29, 1.82) is 0 Å². The van der Waals surface area contributed by atoms with Gasteiger partial charge in [0.05, 0.1) is 13.2 Å². The summed E-state index contributed by atoms with van der Waals surface area (Å²) in [7, 11) is 1.53. The van der Waals surface area contributed by atoms with Crippen LogP contribution in [0.2, 0.25) is 0 Å². The number of hydrogen-bond acceptors (Lipinski definition) is 5. The van der Waals surface area contributed by atoms with E-state index in [1.165, 1.54) is 7.11 Å².